The molecule has 4 aromatic rings. The molecular formula is C25H24N4O3S2. The van der Waals surface area contributed by atoms with Crippen LogP contribution in [0.4, 0.5) is 5.00 Å². The van der Waals surface area contributed by atoms with Crippen molar-refractivity contribution in [3.63, 3.8) is 0 Å². The summed E-state index contributed by atoms with van der Waals surface area (Å²) < 4.78 is 5.13. The summed E-state index contributed by atoms with van der Waals surface area (Å²) in [5.74, 6) is -0.0666. The highest BCUT2D eigenvalue weighted by Crippen LogP contribution is 2.29. The fourth-order valence-corrected chi connectivity index (χ4v) is 5.76. The van der Waals surface area contributed by atoms with Gasteiger partial charge in [0.25, 0.3) is 11.8 Å². The maximum Gasteiger partial charge on any atom is 0.291 e. The van der Waals surface area contributed by atoms with E-state index in [4.69, 9.17) is 9.40 Å². The first-order valence-corrected chi connectivity index (χ1v) is 12.7. The van der Waals surface area contributed by atoms with E-state index in [0.29, 0.717) is 23.0 Å². The molecule has 3 aromatic heterocycles. The summed E-state index contributed by atoms with van der Waals surface area (Å²) in [6.45, 7) is 5.62. The van der Waals surface area contributed by atoms with Gasteiger partial charge in [-0.15, -0.1) is 22.7 Å². The van der Waals surface area contributed by atoms with Crippen molar-refractivity contribution < 1.29 is 14.0 Å². The van der Waals surface area contributed by atoms with Gasteiger partial charge in [-0.25, -0.2) is 4.98 Å². The number of carbonyl (C=O) groups excluding carboxylic acids is 2. The minimum absolute atomic E-state index is 0.0145. The molecule has 9 heteroatoms. The van der Waals surface area contributed by atoms with Gasteiger partial charge in [-0.05, 0) is 30.7 Å². The van der Waals surface area contributed by atoms with E-state index < -0.39 is 0 Å². The normalized spacial score (nSPS) is 14.3. The van der Waals surface area contributed by atoms with E-state index in [1.54, 1.807) is 23.5 Å². The number of carbonyl (C=O) groups is 2. The zero-order valence-corrected chi connectivity index (χ0v) is 20.3. The Labute approximate surface area is 205 Å². The Morgan fingerprint density at radius 2 is 1.88 bits per heavy atom. The largest absolute Gasteiger partial charge is 0.459 e. The Morgan fingerprint density at radius 1 is 1.09 bits per heavy atom. The first kappa shape index (κ1) is 22.5. The Bertz CT molecular complexity index is 1270. The molecule has 1 aliphatic rings. The maximum absolute atomic E-state index is 13.1. The fourth-order valence-electron chi connectivity index (χ4n) is 3.91. The van der Waals surface area contributed by atoms with Gasteiger partial charge in [-0.1, -0.05) is 30.3 Å². The van der Waals surface area contributed by atoms with Crippen LogP contribution in [0.2, 0.25) is 0 Å². The van der Waals surface area contributed by atoms with E-state index in [1.807, 2.05) is 36.1 Å². The van der Waals surface area contributed by atoms with Crippen molar-refractivity contribution in [2.24, 2.45) is 0 Å². The summed E-state index contributed by atoms with van der Waals surface area (Å²) in [5.41, 5.74) is 3.07. The number of nitrogens with zero attached hydrogens (tertiary/aromatic N) is 3. The predicted octanol–water partition coefficient (Wildman–Crippen LogP) is 4.98. The molecule has 1 saturated heterocycles. The van der Waals surface area contributed by atoms with Gasteiger partial charge in [0.1, 0.15) is 5.01 Å². The molecule has 1 aliphatic heterocycles. The highest BCUT2D eigenvalue weighted by Gasteiger charge is 2.25. The number of thiazole rings is 1. The number of rotatable bonds is 6. The topological polar surface area (TPSA) is 78.7 Å². The number of hydrogen-bond acceptors (Lipinski definition) is 7. The molecule has 2 amide bonds. The number of furan rings is 1. The van der Waals surface area contributed by atoms with Crippen LogP contribution in [-0.2, 0) is 6.54 Å². The Hall–Kier alpha value is -3.27. The number of hydrogen-bond donors (Lipinski definition) is 1. The molecule has 5 rings (SSSR count). The van der Waals surface area contributed by atoms with E-state index >= 15 is 0 Å². The molecule has 0 saturated carbocycles. The molecule has 4 heterocycles. The average molecular weight is 493 g/mol. The van der Waals surface area contributed by atoms with Crippen molar-refractivity contribution in [1.29, 1.82) is 0 Å². The molecule has 1 fully saturated rings. The van der Waals surface area contributed by atoms with Crippen LogP contribution in [0.25, 0.3) is 10.6 Å². The third-order valence-corrected chi connectivity index (χ3v) is 7.79. The summed E-state index contributed by atoms with van der Waals surface area (Å²) in [4.78, 5) is 35.1. The van der Waals surface area contributed by atoms with Gasteiger partial charge in [-0.2, -0.15) is 0 Å². The van der Waals surface area contributed by atoms with Crippen LogP contribution in [0.3, 0.4) is 0 Å². The summed E-state index contributed by atoms with van der Waals surface area (Å²) in [6, 6.07) is 15.3. The minimum Gasteiger partial charge on any atom is -0.459 e. The summed E-state index contributed by atoms with van der Waals surface area (Å²) in [5, 5.41) is 6.60. The molecule has 1 N–H and O–H groups in total. The number of thiophene rings is 1. The van der Waals surface area contributed by atoms with Gasteiger partial charge in [-0.3, -0.25) is 14.5 Å². The van der Waals surface area contributed by atoms with E-state index in [9.17, 15) is 9.59 Å². The van der Waals surface area contributed by atoms with Crippen LogP contribution >= 0.6 is 22.7 Å². The Balaban J connectivity index is 1.16. The lowest BCUT2D eigenvalue weighted by molar-refractivity contribution is 0.0631. The lowest BCUT2D eigenvalue weighted by Gasteiger charge is -2.34. The highest BCUT2D eigenvalue weighted by molar-refractivity contribution is 7.18. The van der Waals surface area contributed by atoms with Crippen LogP contribution in [0.15, 0.2) is 64.6 Å². The lowest BCUT2D eigenvalue weighted by Crippen LogP contribution is -2.48. The van der Waals surface area contributed by atoms with Crippen molar-refractivity contribution >= 4 is 39.5 Å². The molecule has 0 radical (unpaired) electrons. The van der Waals surface area contributed by atoms with Gasteiger partial charge in [0.15, 0.2) is 5.76 Å². The van der Waals surface area contributed by atoms with E-state index in [1.165, 1.54) is 17.6 Å². The van der Waals surface area contributed by atoms with Crippen molar-refractivity contribution in [1.82, 2.24) is 14.8 Å². The molecule has 34 heavy (non-hydrogen) atoms. The molecule has 0 unspecified atom stereocenters. The number of aryl methyl sites for hydroxylation is 1. The quantitative estimate of drug-likeness (QED) is 0.411. The van der Waals surface area contributed by atoms with Crippen molar-refractivity contribution in [2.45, 2.75) is 13.5 Å². The van der Waals surface area contributed by atoms with Crippen LogP contribution in [0, 0.1) is 6.92 Å². The van der Waals surface area contributed by atoms with Crippen molar-refractivity contribution in [2.75, 3.05) is 31.5 Å². The van der Waals surface area contributed by atoms with Gasteiger partial charge >= 0.3 is 0 Å². The molecule has 7 nitrogen and oxygen atoms in total. The van der Waals surface area contributed by atoms with Gasteiger partial charge in [0.05, 0.1) is 21.8 Å². The standard InChI is InChI=1S/C25H24N4O3S2/c1-17-14-21(27-23(30)20-8-5-13-32-20)34-22(17)25(31)29-11-9-28(10-12-29)15-19-16-33-24(26-19)18-6-3-2-4-7-18/h2-8,13-14,16H,9-12,15H2,1H3,(H,27,30). The van der Waals surface area contributed by atoms with Gasteiger partial charge in [0, 0.05) is 43.7 Å². The van der Waals surface area contributed by atoms with Crippen LogP contribution in [0.1, 0.15) is 31.5 Å². The number of aromatic nitrogens is 1. The smallest absolute Gasteiger partial charge is 0.291 e. The Kier molecular flexibility index (Phi) is 6.57. The zero-order chi connectivity index (χ0) is 23.5. The Morgan fingerprint density at radius 3 is 2.62 bits per heavy atom. The summed E-state index contributed by atoms with van der Waals surface area (Å²) in [6.07, 6.45) is 1.46. The first-order valence-electron chi connectivity index (χ1n) is 11.0. The second kappa shape index (κ2) is 9.92. The van der Waals surface area contributed by atoms with Crippen LogP contribution in [0.5, 0.6) is 0 Å². The molecule has 0 atom stereocenters. The fraction of sp³-hybridized carbons (Fsp3) is 0.240. The molecule has 1 aromatic carbocycles. The van der Waals surface area contributed by atoms with Crippen LogP contribution < -0.4 is 5.32 Å². The zero-order valence-electron chi connectivity index (χ0n) is 18.7. The lowest BCUT2D eigenvalue weighted by atomic mass is 10.2. The van der Waals surface area contributed by atoms with E-state index in [2.05, 4.69) is 27.7 Å². The van der Waals surface area contributed by atoms with Crippen LogP contribution in [-0.4, -0.2) is 52.8 Å². The molecule has 0 spiro atoms. The van der Waals surface area contributed by atoms with Gasteiger partial charge < -0.3 is 14.6 Å². The number of anilines is 1. The van der Waals surface area contributed by atoms with Crippen molar-refractivity contribution in [3.8, 4) is 10.6 Å². The third kappa shape index (κ3) is 4.96. The molecule has 0 aliphatic carbocycles. The number of nitrogens with one attached hydrogen (secondary N) is 1. The second-order valence-electron chi connectivity index (χ2n) is 8.13. The SMILES string of the molecule is Cc1cc(NC(=O)c2ccco2)sc1C(=O)N1CCN(Cc2csc(-c3ccccc3)n2)CC1. The number of piperazine rings is 1. The number of amides is 2. The predicted molar refractivity (Wildman–Crippen MR) is 134 cm³/mol. The first-order chi connectivity index (χ1) is 16.6. The molecular weight excluding hydrogens is 468 g/mol. The second-order valence-corrected chi connectivity index (χ2v) is 10.0. The summed E-state index contributed by atoms with van der Waals surface area (Å²) in [7, 11) is 0. The van der Waals surface area contributed by atoms with Crippen molar-refractivity contribution in [3.05, 3.63) is 82.1 Å². The van der Waals surface area contributed by atoms with E-state index in [-0.39, 0.29) is 17.6 Å². The average Bonchev–Trinajstić information content (AvgIpc) is 3.61. The van der Waals surface area contributed by atoms with E-state index in [0.717, 1.165) is 41.5 Å². The molecule has 0 bridgehead atoms. The maximum atomic E-state index is 13.1. The highest BCUT2D eigenvalue weighted by atomic mass is 32.1. The molecule has 174 valence electrons. The monoisotopic (exact) mass is 492 g/mol. The number of benzene rings is 1. The minimum atomic E-state index is -0.323. The third-order valence-electron chi connectivity index (χ3n) is 5.71. The summed E-state index contributed by atoms with van der Waals surface area (Å²) >= 11 is 2.97. The van der Waals surface area contributed by atoms with Gasteiger partial charge in [0.2, 0.25) is 0 Å².